The Bertz CT molecular complexity index is 917. The van der Waals surface area contributed by atoms with Gasteiger partial charge in [0.15, 0.2) is 0 Å². The van der Waals surface area contributed by atoms with Crippen molar-refractivity contribution in [2.75, 3.05) is 31.1 Å². The standard InChI is InChI=1S/C19H22Cl2N2O2S/c1-13-5-4-6-14(2)19(13)22-7-9-23(10-8-22)26(24,25)18-12-16(20)15(3)11-17(18)21/h4-6,11-12H,7-10H2,1-3H3. The fraction of sp³-hybridized carbons (Fsp3) is 0.368. The van der Waals surface area contributed by atoms with E-state index in [2.05, 4.69) is 30.9 Å². The molecule has 0 saturated carbocycles. The van der Waals surface area contributed by atoms with Gasteiger partial charge >= 0.3 is 0 Å². The normalized spacial score (nSPS) is 16.1. The van der Waals surface area contributed by atoms with Gasteiger partial charge in [0.2, 0.25) is 10.0 Å². The summed E-state index contributed by atoms with van der Waals surface area (Å²) in [6.07, 6.45) is 0. The minimum atomic E-state index is -3.67. The fourth-order valence-corrected chi connectivity index (χ4v) is 5.65. The Hall–Kier alpha value is -1.27. The van der Waals surface area contributed by atoms with Crippen molar-refractivity contribution in [3.05, 3.63) is 57.1 Å². The summed E-state index contributed by atoms with van der Waals surface area (Å²) in [5.41, 5.74) is 4.36. The fourth-order valence-electron chi connectivity index (χ4n) is 3.42. The van der Waals surface area contributed by atoms with Gasteiger partial charge in [0.25, 0.3) is 0 Å². The lowest BCUT2D eigenvalue weighted by atomic mass is 10.1. The molecule has 2 aromatic carbocycles. The summed E-state index contributed by atoms with van der Waals surface area (Å²) in [6.45, 7) is 8.08. The zero-order valence-corrected chi connectivity index (χ0v) is 17.4. The summed E-state index contributed by atoms with van der Waals surface area (Å²) < 4.78 is 27.5. The maximum atomic E-state index is 13.0. The van der Waals surface area contributed by atoms with Crippen LogP contribution in [-0.4, -0.2) is 38.9 Å². The van der Waals surface area contributed by atoms with Crippen molar-refractivity contribution in [3.63, 3.8) is 0 Å². The summed E-state index contributed by atoms with van der Waals surface area (Å²) >= 11 is 12.3. The molecule has 1 aliphatic heterocycles. The number of hydrogen-bond donors (Lipinski definition) is 0. The molecule has 0 bridgehead atoms. The van der Waals surface area contributed by atoms with Gasteiger partial charge in [-0.05, 0) is 49.6 Å². The summed E-state index contributed by atoms with van der Waals surface area (Å²) in [7, 11) is -3.67. The highest BCUT2D eigenvalue weighted by Gasteiger charge is 2.31. The number of halogens is 2. The molecule has 2 aromatic rings. The van der Waals surface area contributed by atoms with Crippen molar-refractivity contribution >= 4 is 38.9 Å². The number of benzene rings is 2. The van der Waals surface area contributed by atoms with Gasteiger partial charge in [-0.25, -0.2) is 8.42 Å². The van der Waals surface area contributed by atoms with E-state index in [4.69, 9.17) is 23.2 Å². The van der Waals surface area contributed by atoms with Gasteiger partial charge < -0.3 is 4.90 Å². The topological polar surface area (TPSA) is 40.6 Å². The number of piperazine rings is 1. The Morgan fingerprint density at radius 1 is 0.846 bits per heavy atom. The smallest absolute Gasteiger partial charge is 0.244 e. The Kier molecular flexibility index (Phi) is 5.54. The predicted octanol–water partition coefficient (Wildman–Crippen LogP) is 4.43. The summed E-state index contributed by atoms with van der Waals surface area (Å²) in [4.78, 5) is 2.33. The molecule has 3 rings (SSSR count). The van der Waals surface area contributed by atoms with Gasteiger partial charge in [0.05, 0.1) is 5.02 Å². The first-order chi connectivity index (χ1) is 12.2. The van der Waals surface area contributed by atoms with Crippen molar-refractivity contribution in [2.45, 2.75) is 25.7 Å². The maximum absolute atomic E-state index is 13.0. The number of nitrogens with zero attached hydrogens (tertiary/aromatic N) is 2. The average Bonchev–Trinajstić information content (AvgIpc) is 2.58. The molecule has 0 spiro atoms. The molecule has 0 radical (unpaired) electrons. The lowest BCUT2D eigenvalue weighted by Crippen LogP contribution is -2.49. The van der Waals surface area contributed by atoms with Crippen LogP contribution in [-0.2, 0) is 10.0 Å². The van der Waals surface area contributed by atoms with Gasteiger partial charge in [0.1, 0.15) is 4.90 Å². The van der Waals surface area contributed by atoms with E-state index in [0.29, 0.717) is 31.2 Å². The number of para-hydroxylation sites is 1. The molecule has 1 saturated heterocycles. The summed E-state index contributed by atoms with van der Waals surface area (Å²) in [5, 5.41) is 0.617. The van der Waals surface area contributed by atoms with Gasteiger partial charge in [-0.15, -0.1) is 0 Å². The van der Waals surface area contributed by atoms with Crippen molar-refractivity contribution in [1.29, 1.82) is 0 Å². The highest BCUT2D eigenvalue weighted by atomic mass is 35.5. The summed E-state index contributed by atoms with van der Waals surface area (Å²) in [5.74, 6) is 0. The first-order valence-electron chi connectivity index (χ1n) is 8.49. The third-order valence-electron chi connectivity index (χ3n) is 4.83. The molecule has 4 nitrogen and oxygen atoms in total. The molecule has 140 valence electrons. The Balaban J connectivity index is 1.82. The number of anilines is 1. The minimum absolute atomic E-state index is 0.0790. The monoisotopic (exact) mass is 412 g/mol. The van der Waals surface area contributed by atoms with Crippen LogP contribution < -0.4 is 4.90 Å². The number of hydrogen-bond acceptors (Lipinski definition) is 3. The second-order valence-corrected chi connectivity index (χ2v) is 9.38. The first kappa shape index (κ1) is 19.5. The van der Waals surface area contributed by atoms with Crippen molar-refractivity contribution in [1.82, 2.24) is 4.31 Å². The SMILES string of the molecule is Cc1cc(Cl)c(S(=O)(=O)N2CCN(c3c(C)cccc3C)CC2)cc1Cl. The second kappa shape index (κ2) is 7.39. The molecule has 1 aliphatic rings. The molecule has 0 aliphatic carbocycles. The highest BCUT2D eigenvalue weighted by molar-refractivity contribution is 7.89. The van der Waals surface area contributed by atoms with E-state index in [0.717, 1.165) is 5.56 Å². The molecule has 26 heavy (non-hydrogen) atoms. The van der Waals surface area contributed by atoms with Crippen LogP contribution in [0.25, 0.3) is 0 Å². The van der Waals surface area contributed by atoms with E-state index in [1.54, 1.807) is 13.0 Å². The lowest BCUT2D eigenvalue weighted by Gasteiger charge is -2.37. The van der Waals surface area contributed by atoms with Crippen LogP contribution in [0.15, 0.2) is 35.2 Å². The van der Waals surface area contributed by atoms with Crippen LogP contribution in [0.1, 0.15) is 16.7 Å². The molecular weight excluding hydrogens is 391 g/mol. The van der Waals surface area contributed by atoms with Crippen molar-refractivity contribution in [2.24, 2.45) is 0 Å². The third kappa shape index (κ3) is 3.58. The van der Waals surface area contributed by atoms with E-state index in [1.807, 2.05) is 6.07 Å². The number of rotatable bonds is 3. The Morgan fingerprint density at radius 2 is 1.42 bits per heavy atom. The lowest BCUT2D eigenvalue weighted by molar-refractivity contribution is 0.384. The minimum Gasteiger partial charge on any atom is -0.368 e. The van der Waals surface area contributed by atoms with Crippen LogP contribution in [0.5, 0.6) is 0 Å². The Labute approximate surface area is 165 Å². The number of sulfonamides is 1. The second-order valence-electron chi connectivity index (χ2n) is 6.66. The van der Waals surface area contributed by atoms with E-state index in [-0.39, 0.29) is 9.92 Å². The molecular formula is C19H22Cl2N2O2S. The van der Waals surface area contributed by atoms with E-state index < -0.39 is 10.0 Å². The molecule has 0 atom stereocenters. The van der Waals surface area contributed by atoms with Crippen LogP contribution in [0, 0.1) is 20.8 Å². The van der Waals surface area contributed by atoms with Gasteiger partial charge in [-0.2, -0.15) is 4.31 Å². The quantitative estimate of drug-likeness (QED) is 0.748. The van der Waals surface area contributed by atoms with E-state index in [1.165, 1.54) is 27.2 Å². The van der Waals surface area contributed by atoms with E-state index >= 15 is 0 Å². The third-order valence-corrected chi connectivity index (χ3v) is 7.60. The zero-order valence-electron chi connectivity index (χ0n) is 15.1. The van der Waals surface area contributed by atoms with Gasteiger partial charge in [-0.3, -0.25) is 0 Å². The van der Waals surface area contributed by atoms with Crippen molar-refractivity contribution < 1.29 is 8.42 Å². The maximum Gasteiger partial charge on any atom is 0.244 e. The van der Waals surface area contributed by atoms with Gasteiger partial charge in [-0.1, -0.05) is 41.4 Å². The van der Waals surface area contributed by atoms with Crippen LogP contribution in [0.4, 0.5) is 5.69 Å². The molecule has 0 unspecified atom stereocenters. The molecule has 1 fully saturated rings. The van der Waals surface area contributed by atoms with Crippen LogP contribution in [0.2, 0.25) is 10.0 Å². The predicted molar refractivity (Wildman–Crippen MR) is 108 cm³/mol. The van der Waals surface area contributed by atoms with Gasteiger partial charge in [0, 0.05) is 36.9 Å². The average molecular weight is 413 g/mol. The van der Waals surface area contributed by atoms with Crippen molar-refractivity contribution in [3.8, 4) is 0 Å². The molecule has 0 amide bonds. The molecule has 0 aromatic heterocycles. The largest absolute Gasteiger partial charge is 0.368 e. The number of aryl methyl sites for hydroxylation is 3. The summed E-state index contributed by atoms with van der Waals surface area (Å²) in [6, 6.07) is 9.26. The molecule has 7 heteroatoms. The molecule has 0 N–H and O–H groups in total. The van der Waals surface area contributed by atoms with Crippen LogP contribution in [0.3, 0.4) is 0 Å². The van der Waals surface area contributed by atoms with E-state index in [9.17, 15) is 8.42 Å². The molecule has 1 heterocycles. The Morgan fingerprint density at radius 3 is 2.00 bits per heavy atom. The first-order valence-corrected chi connectivity index (χ1v) is 10.7. The zero-order chi connectivity index (χ0) is 19.1. The van der Waals surface area contributed by atoms with Crippen LogP contribution >= 0.6 is 23.2 Å². The highest BCUT2D eigenvalue weighted by Crippen LogP contribution is 2.32.